The van der Waals surface area contributed by atoms with Gasteiger partial charge in [0, 0.05) is 6.07 Å². The van der Waals surface area contributed by atoms with Crippen LogP contribution in [0.4, 0.5) is 5.69 Å². The van der Waals surface area contributed by atoms with Gasteiger partial charge in [-0.2, -0.15) is 0 Å². The fourth-order valence-corrected chi connectivity index (χ4v) is 5.02. The molecule has 1 N–H and O–H groups in total. The molecule has 2 aromatic rings. The van der Waals surface area contributed by atoms with E-state index in [1.165, 1.54) is 0 Å². The van der Waals surface area contributed by atoms with Crippen LogP contribution in [-0.2, 0) is 14.8 Å². The van der Waals surface area contributed by atoms with Gasteiger partial charge in [-0.25, -0.2) is 8.42 Å². The number of methoxy groups -OCH3 is 1. The highest BCUT2D eigenvalue weighted by atomic mass is 32.2. The summed E-state index contributed by atoms with van der Waals surface area (Å²) in [5.41, 5.74) is 1.27. The zero-order chi connectivity index (χ0) is 24.2. The number of hydrogen-bond acceptors (Lipinski definition) is 6. The Bertz CT molecular complexity index is 1070. The van der Waals surface area contributed by atoms with Gasteiger partial charge in [0.2, 0.25) is 15.9 Å². The van der Waals surface area contributed by atoms with Gasteiger partial charge in [-0.15, -0.1) is 0 Å². The van der Waals surface area contributed by atoms with Crippen LogP contribution in [0.15, 0.2) is 42.5 Å². The average Bonchev–Trinajstić information content (AvgIpc) is 2.77. The van der Waals surface area contributed by atoms with E-state index >= 15 is 0 Å². The standard InChI is InChI=1S/C24H32N2O6S/c1-16(2)14-21(18-6-9-20(30-4)10-7-18)25-24(27)17(3)26(33(5,28)29)19-8-11-22-23(15-19)32-13-12-31-22/h6-11,15-17,21H,12-14H2,1-5H3,(H,25,27)/t17-,21-/m0/s1. The van der Waals surface area contributed by atoms with Crippen molar-refractivity contribution in [2.75, 3.05) is 30.9 Å². The minimum absolute atomic E-state index is 0.271. The number of ether oxygens (including phenoxy) is 3. The average molecular weight is 477 g/mol. The zero-order valence-corrected chi connectivity index (χ0v) is 20.5. The Balaban J connectivity index is 1.87. The fourth-order valence-electron chi connectivity index (χ4n) is 3.86. The second-order valence-electron chi connectivity index (χ2n) is 8.53. The normalized spacial score (nSPS) is 15.0. The summed E-state index contributed by atoms with van der Waals surface area (Å²) in [7, 11) is -2.16. The van der Waals surface area contributed by atoms with Gasteiger partial charge >= 0.3 is 0 Å². The van der Waals surface area contributed by atoms with Gasteiger partial charge in [-0.05, 0) is 49.1 Å². The summed E-state index contributed by atoms with van der Waals surface area (Å²) in [4.78, 5) is 13.3. The summed E-state index contributed by atoms with van der Waals surface area (Å²) in [6.07, 6.45) is 1.79. The maximum Gasteiger partial charge on any atom is 0.244 e. The lowest BCUT2D eigenvalue weighted by atomic mass is 9.96. The Morgan fingerprint density at radius 2 is 1.70 bits per heavy atom. The minimum Gasteiger partial charge on any atom is -0.497 e. The fraction of sp³-hybridized carbons (Fsp3) is 0.458. The number of sulfonamides is 1. The molecule has 0 bridgehead atoms. The van der Waals surface area contributed by atoms with E-state index in [-0.39, 0.29) is 6.04 Å². The number of nitrogens with zero attached hydrogens (tertiary/aromatic N) is 1. The lowest BCUT2D eigenvalue weighted by molar-refractivity contribution is -0.122. The first kappa shape index (κ1) is 24.7. The van der Waals surface area contributed by atoms with Crippen LogP contribution in [0, 0.1) is 5.92 Å². The van der Waals surface area contributed by atoms with Crippen LogP contribution >= 0.6 is 0 Å². The van der Waals surface area contributed by atoms with Crippen molar-refractivity contribution in [3.63, 3.8) is 0 Å². The summed E-state index contributed by atoms with van der Waals surface area (Å²) in [5.74, 6) is 1.65. The van der Waals surface area contributed by atoms with Gasteiger partial charge in [-0.3, -0.25) is 9.10 Å². The number of benzene rings is 2. The number of hydrogen-bond donors (Lipinski definition) is 1. The molecule has 2 aromatic carbocycles. The Kier molecular flexibility index (Phi) is 7.73. The van der Waals surface area contributed by atoms with E-state index in [0.29, 0.717) is 42.7 Å². The second kappa shape index (κ2) is 10.3. The molecule has 0 radical (unpaired) electrons. The van der Waals surface area contributed by atoms with Crippen LogP contribution in [0.1, 0.15) is 38.8 Å². The van der Waals surface area contributed by atoms with Gasteiger partial charge in [0.15, 0.2) is 11.5 Å². The van der Waals surface area contributed by atoms with Crippen LogP contribution in [0.5, 0.6) is 17.2 Å². The predicted molar refractivity (Wildman–Crippen MR) is 128 cm³/mol. The first-order valence-corrected chi connectivity index (χ1v) is 12.8. The van der Waals surface area contributed by atoms with E-state index in [1.54, 1.807) is 32.2 Å². The summed E-state index contributed by atoms with van der Waals surface area (Å²) < 4.78 is 42.9. The van der Waals surface area contributed by atoms with E-state index in [9.17, 15) is 13.2 Å². The van der Waals surface area contributed by atoms with E-state index < -0.39 is 22.0 Å². The van der Waals surface area contributed by atoms with Crippen LogP contribution in [0.3, 0.4) is 0 Å². The lowest BCUT2D eigenvalue weighted by Crippen LogP contribution is -2.48. The van der Waals surface area contributed by atoms with Gasteiger partial charge in [0.1, 0.15) is 25.0 Å². The van der Waals surface area contributed by atoms with E-state index in [4.69, 9.17) is 14.2 Å². The van der Waals surface area contributed by atoms with Gasteiger partial charge in [0.25, 0.3) is 0 Å². The molecule has 2 atom stereocenters. The second-order valence-corrected chi connectivity index (χ2v) is 10.4. The Morgan fingerprint density at radius 3 is 2.27 bits per heavy atom. The largest absolute Gasteiger partial charge is 0.497 e. The van der Waals surface area contributed by atoms with Crippen molar-refractivity contribution in [2.45, 2.75) is 39.3 Å². The van der Waals surface area contributed by atoms with E-state index in [2.05, 4.69) is 19.2 Å². The molecule has 8 nitrogen and oxygen atoms in total. The van der Waals surface area contributed by atoms with Crippen molar-refractivity contribution in [3.05, 3.63) is 48.0 Å². The first-order valence-electron chi connectivity index (χ1n) is 10.9. The lowest BCUT2D eigenvalue weighted by Gasteiger charge is -2.31. The van der Waals surface area contributed by atoms with E-state index in [1.807, 2.05) is 24.3 Å². The molecule has 180 valence electrons. The minimum atomic E-state index is -3.76. The maximum absolute atomic E-state index is 13.3. The quantitative estimate of drug-likeness (QED) is 0.595. The summed E-state index contributed by atoms with van der Waals surface area (Å²) in [6, 6.07) is 11.1. The van der Waals surface area contributed by atoms with Crippen LogP contribution in [0.25, 0.3) is 0 Å². The molecule has 0 saturated heterocycles. The molecular formula is C24H32N2O6S. The molecule has 1 heterocycles. The highest BCUT2D eigenvalue weighted by Gasteiger charge is 2.31. The van der Waals surface area contributed by atoms with Crippen LogP contribution in [-0.4, -0.2) is 46.9 Å². The third-order valence-corrected chi connectivity index (χ3v) is 6.65. The molecule has 1 amide bonds. The van der Waals surface area contributed by atoms with Crippen molar-refractivity contribution in [3.8, 4) is 17.2 Å². The monoisotopic (exact) mass is 476 g/mol. The highest BCUT2D eigenvalue weighted by Crippen LogP contribution is 2.35. The number of carbonyl (C=O) groups excluding carboxylic acids is 1. The molecule has 0 unspecified atom stereocenters. The Labute approximate surface area is 195 Å². The molecule has 0 aromatic heterocycles. The number of fused-ring (bicyclic) bond motifs is 1. The van der Waals surface area contributed by atoms with Gasteiger partial charge in [-0.1, -0.05) is 26.0 Å². The number of nitrogens with one attached hydrogen (secondary N) is 1. The number of amides is 1. The molecule has 0 aliphatic carbocycles. The molecular weight excluding hydrogens is 444 g/mol. The third kappa shape index (κ3) is 6.10. The molecule has 3 rings (SSSR count). The number of carbonyl (C=O) groups is 1. The summed E-state index contributed by atoms with van der Waals surface area (Å²) in [5, 5.41) is 3.04. The number of anilines is 1. The SMILES string of the molecule is COc1ccc([C@H](CC(C)C)NC(=O)[C@H](C)N(c2ccc3c(c2)OCCO3)S(C)(=O)=O)cc1. The van der Waals surface area contributed by atoms with Gasteiger partial charge < -0.3 is 19.5 Å². The van der Waals surface area contributed by atoms with E-state index in [0.717, 1.165) is 21.9 Å². The van der Waals surface area contributed by atoms with Crippen molar-refractivity contribution in [1.29, 1.82) is 0 Å². The molecule has 1 aliphatic heterocycles. The smallest absolute Gasteiger partial charge is 0.244 e. The summed E-state index contributed by atoms with van der Waals surface area (Å²) in [6.45, 7) is 6.54. The topological polar surface area (TPSA) is 94.2 Å². The van der Waals surface area contributed by atoms with Crippen molar-refractivity contribution in [1.82, 2.24) is 5.32 Å². The molecule has 0 fully saturated rings. The maximum atomic E-state index is 13.3. The molecule has 33 heavy (non-hydrogen) atoms. The van der Waals surface area contributed by atoms with Crippen molar-refractivity contribution < 1.29 is 27.4 Å². The van der Waals surface area contributed by atoms with Crippen molar-refractivity contribution >= 4 is 21.6 Å². The Hall–Kier alpha value is -2.94. The zero-order valence-electron chi connectivity index (χ0n) is 19.7. The molecule has 9 heteroatoms. The molecule has 1 aliphatic rings. The summed E-state index contributed by atoms with van der Waals surface area (Å²) >= 11 is 0. The van der Waals surface area contributed by atoms with Crippen LogP contribution < -0.4 is 23.8 Å². The van der Waals surface area contributed by atoms with Crippen molar-refractivity contribution in [2.24, 2.45) is 5.92 Å². The molecule has 0 spiro atoms. The Morgan fingerprint density at radius 1 is 1.06 bits per heavy atom. The van der Waals surface area contributed by atoms with Gasteiger partial charge in [0.05, 0.1) is 25.1 Å². The first-order chi connectivity index (χ1) is 15.6. The molecule has 0 saturated carbocycles. The van der Waals surface area contributed by atoms with Crippen LogP contribution in [0.2, 0.25) is 0 Å². The third-order valence-electron chi connectivity index (χ3n) is 5.41. The highest BCUT2D eigenvalue weighted by molar-refractivity contribution is 7.92. The number of rotatable bonds is 9. The predicted octanol–water partition coefficient (Wildman–Crippen LogP) is 3.52.